The fourth-order valence-electron chi connectivity index (χ4n) is 2.35. The average Bonchev–Trinajstić information content (AvgIpc) is 3.17. The highest BCUT2D eigenvalue weighted by Gasteiger charge is 2.34. The molecular formula is C18H11F3N6S. The minimum absolute atomic E-state index is 0.0396. The second-order valence-electron chi connectivity index (χ2n) is 5.56. The van der Waals surface area contributed by atoms with Crippen LogP contribution in [0.3, 0.4) is 0 Å². The Kier molecular flexibility index (Phi) is 4.78. The number of pyridine rings is 1. The first-order valence-corrected chi connectivity index (χ1v) is 8.82. The van der Waals surface area contributed by atoms with E-state index in [0.29, 0.717) is 5.56 Å². The van der Waals surface area contributed by atoms with Crippen LogP contribution in [0.2, 0.25) is 0 Å². The predicted molar refractivity (Wildman–Crippen MR) is 95.7 cm³/mol. The third-order valence-electron chi connectivity index (χ3n) is 3.62. The van der Waals surface area contributed by atoms with Crippen molar-refractivity contribution in [2.45, 2.75) is 16.4 Å². The van der Waals surface area contributed by atoms with Gasteiger partial charge in [0.05, 0.1) is 5.69 Å². The van der Waals surface area contributed by atoms with Gasteiger partial charge in [0.2, 0.25) is 5.16 Å². The highest BCUT2D eigenvalue weighted by Crippen LogP contribution is 2.33. The Labute approximate surface area is 161 Å². The van der Waals surface area contributed by atoms with Gasteiger partial charge < -0.3 is 0 Å². The van der Waals surface area contributed by atoms with Crippen LogP contribution in [0.15, 0.2) is 77.4 Å². The molecule has 28 heavy (non-hydrogen) atoms. The van der Waals surface area contributed by atoms with Gasteiger partial charge in [-0.15, -0.1) is 5.10 Å². The van der Waals surface area contributed by atoms with Gasteiger partial charge in [-0.25, -0.2) is 19.6 Å². The van der Waals surface area contributed by atoms with Crippen molar-refractivity contribution < 1.29 is 13.2 Å². The van der Waals surface area contributed by atoms with Crippen LogP contribution in [-0.2, 0) is 6.18 Å². The Balaban J connectivity index is 1.69. The lowest BCUT2D eigenvalue weighted by Gasteiger charge is -2.09. The number of hydrogen-bond acceptors (Lipinski definition) is 6. The first-order chi connectivity index (χ1) is 13.5. The monoisotopic (exact) mass is 400 g/mol. The van der Waals surface area contributed by atoms with Crippen LogP contribution in [0.1, 0.15) is 5.69 Å². The lowest BCUT2D eigenvalue weighted by Crippen LogP contribution is -2.10. The first-order valence-electron chi connectivity index (χ1n) is 8.01. The summed E-state index contributed by atoms with van der Waals surface area (Å²) in [5.41, 5.74) is 0.197. The molecule has 6 nitrogen and oxygen atoms in total. The van der Waals surface area contributed by atoms with Gasteiger partial charge in [0.25, 0.3) is 0 Å². The summed E-state index contributed by atoms with van der Waals surface area (Å²) in [6.45, 7) is 0. The van der Waals surface area contributed by atoms with E-state index in [1.54, 1.807) is 12.1 Å². The number of para-hydroxylation sites is 1. The molecule has 0 unspecified atom stereocenters. The number of nitrogens with zero attached hydrogens (tertiary/aromatic N) is 6. The van der Waals surface area contributed by atoms with Crippen molar-refractivity contribution >= 4 is 11.8 Å². The van der Waals surface area contributed by atoms with E-state index in [-0.39, 0.29) is 16.0 Å². The summed E-state index contributed by atoms with van der Waals surface area (Å²) in [6.07, 6.45) is -0.173. The predicted octanol–water partition coefficient (Wildman–Crippen LogP) is 4.29. The average molecular weight is 400 g/mol. The number of aromatic nitrogens is 6. The molecule has 0 aliphatic heterocycles. The van der Waals surface area contributed by atoms with Gasteiger partial charge in [0.1, 0.15) is 17.0 Å². The van der Waals surface area contributed by atoms with Crippen LogP contribution in [0, 0.1) is 0 Å². The normalized spacial score (nSPS) is 11.5. The molecule has 0 radical (unpaired) electrons. The Morgan fingerprint density at radius 1 is 0.929 bits per heavy atom. The van der Waals surface area contributed by atoms with Crippen LogP contribution in [0.25, 0.3) is 17.1 Å². The maximum atomic E-state index is 13.3. The summed E-state index contributed by atoms with van der Waals surface area (Å²) in [5, 5.41) is 4.66. The van der Waals surface area contributed by atoms with Gasteiger partial charge in [0, 0.05) is 24.0 Å². The molecular weight excluding hydrogens is 389 g/mol. The van der Waals surface area contributed by atoms with Crippen molar-refractivity contribution in [3.8, 4) is 17.1 Å². The fraction of sp³-hybridized carbons (Fsp3) is 0.0556. The van der Waals surface area contributed by atoms with Crippen molar-refractivity contribution in [2.24, 2.45) is 0 Å². The van der Waals surface area contributed by atoms with Gasteiger partial charge in [-0.2, -0.15) is 13.2 Å². The van der Waals surface area contributed by atoms with Gasteiger partial charge in [-0.3, -0.25) is 4.98 Å². The molecule has 0 saturated heterocycles. The summed E-state index contributed by atoms with van der Waals surface area (Å²) < 4.78 is 41.4. The van der Waals surface area contributed by atoms with E-state index in [4.69, 9.17) is 0 Å². The molecule has 4 rings (SSSR count). The second-order valence-corrected chi connectivity index (χ2v) is 6.55. The molecule has 0 aliphatic rings. The molecule has 0 amide bonds. The maximum absolute atomic E-state index is 13.3. The van der Waals surface area contributed by atoms with E-state index < -0.39 is 11.9 Å². The SMILES string of the molecule is FC(F)(F)c1cc(Sc2ncn(-c3ccccc3)n2)nc(-c2ccncc2)n1. The second kappa shape index (κ2) is 7.39. The fourth-order valence-corrected chi connectivity index (χ4v) is 3.06. The number of rotatable bonds is 4. The zero-order chi connectivity index (χ0) is 19.6. The van der Waals surface area contributed by atoms with E-state index in [0.717, 1.165) is 23.5 Å². The summed E-state index contributed by atoms with van der Waals surface area (Å²) in [6, 6.07) is 13.2. The van der Waals surface area contributed by atoms with E-state index in [9.17, 15) is 13.2 Å². The minimum Gasteiger partial charge on any atom is -0.265 e. The van der Waals surface area contributed by atoms with E-state index in [1.165, 1.54) is 23.4 Å². The Bertz CT molecular complexity index is 1080. The molecule has 0 saturated carbocycles. The zero-order valence-electron chi connectivity index (χ0n) is 14.1. The smallest absolute Gasteiger partial charge is 0.265 e. The molecule has 0 N–H and O–H groups in total. The third-order valence-corrected chi connectivity index (χ3v) is 4.41. The van der Waals surface area contributed by atoms with Crippen molar-refractivity contribution in [1.82, 2.24) is 29.7 Å². The van der Waals surface area contributed by atoms with E-state index in [1.807, 2.05) is 30.3 Å². The first kappa shape index (κ1) is 18.1. The number of halogens is 3. The van der Waals surface area contributed by atoms with Crippen LogP contribution in [0.4, 0.5) is 13.2 Å². The topological polar surface area (TPSA) is 69.4 Å². The highest BCUT2D eigenvalue weighted by molar-refractivity contribution is 7.99. The molecule has 3 aromatic heterocycles. The quantitative estimate of drug-likeness (QED) is 0.476. The van der Waals surface area contributed by atoms with Crippen LogP contribution in [-0.4, -0.2) is 29.7 Å². The summed E-state index contributed by atoms with van der Waals surface area (Å²) in [5.74, 6) is -0.0396. The van der Waals surface area contributed by atoms with E-state index in [2.05, 4.69) is 25.0 Å². The van der Waals surface area contributed by atoms with Gasteiger partial charge in [-0.05, 0) is 36.0 Å². The molecule has 1 aromatic carbocycles. The number of benzene rings is 1. The number of hydrogen-bond donors (Lipinski definition) is 0. The lowest BCUT2D eigenvalue weighted by atomic mass is 10.2. The molecule has 0 aliphatic carbocycles. The van der Waals surface area contributed by atoms with Crippen molar-refractivity contribution in [3.63, 3.8) is 0 Å². The maximum Gasteiger partial charge on any atom is 0.433 e. The Hall–Kier alpha value is -3.27. The summed E-state index contributed by atoms with van der Waals surface area (Å²) in [4.78, 5) is 15.9. The lowest BCUT2D eigenvalue weighted by molar-refractivity contribution is -0.141. The molecule has 0 atom stereocenters. The third kappa shape index (κ3) is 4.01. The standard InChI is InChI=1S/C18H11F3N6S/c19-18(20,21)14-10-15(25-16(24-14)12-6-8-22-9-7-12)28-17-23-11-27(26-17)13-4-2-1-3-5-13/h1-11H. The van der Waals surface area contributed by atoms with E-state index >= 15 is 0 Å². The van der Waals surface area contributed by atoms with Gasteiger partial charge in [0.15, 0.2) is 5.82 Å². The van der Waals surface area contributed by atoms with Crippen LogP contribution in [0.5, 0.6) is 0 Å². The minimum atomic E-state index is -4.60. The van der Waals surface area contributed by atoms with Crippen LogP contribution >= 0.6 is 11.8 Å². The van der Waals surface area contributed by atoms with Crippen molar-refractivity contribution in [2.75, 3.05) is 0 Å². The Morgan fingerprint density at radius 3 is 2.39 bits per heavy atom. The van der Waals surface area contributed by atoms with Crippen molar-refractivity contribution in [3.05, 3.63) is 72.9 Å². The Morgan fingerprint density at radius 2 is 1.68 bits per heavy atom. The molecule has 0 spiro atoms. The molecule has 3 heterocycles. The molecule has 140 valence electrons. The summed E-state index contributed by atoms with van der Waals surface area (Å²) in [7, 11) is 0. The molecule has 0 bridgehead atoms. The summed E-state index contributed by atoms with van der Waals surface area (Å²) >= 11 is 0.932. The number of alkyl halides is 3. The molecule has 10 heteroatoms. The van der Waals surface area contributed by atoms with Gasteiger partial charge in [-0.1, -0.05) is 18.2 Å². The van der Waals surface area contributed by atoms with Crippen molar-refractivity contribution in [1.29, 1.82) is 0 Å². The molecule has 0 fully saturated rings. The molecule has 4 aromatic rings. The largest absolute Gasteiger partial charge is 0.433 e. The zero-order valence-corrected chi connectivity index (χ0v) is 14.9. The highest BCUT2D eigenvalue weighted by atomic mass is 32.2. The van der Waals surface area contributed by atoms with Gasteiger partial charge >= 0.3 is 6.18 Å². The van der Waals surface area contributed by atoms with Crippen LogP contribution < -0.4 is 0 Å².